The molecule has 6 nitrogen and oxygen atoms in total. The highest BCUT2D eigenvalue weighted by molar-refractivity contribution is 5.70. The third-order valence-corrected chi connectivity index (χ3v) is 2.56. The fourth-order valence-corrected chi connectivity index (χ4v) is 1.72. The molecule has 18 heavy (non-hydrogen) atoms. The first-order chi connectivity index (χ1) is 8.31. The van der Waals surface area contributed by atoms with Gasteiger partial charge in [-0.05, 0) is 20.8 Å². The molecule has 1 saturated heterocycles. The van der Waals surface area contributed by atoms with Crippen LogP contribution in [0.2, 0.25) is 0 Å². The van der Waals surface area contributed by atoms with Gasteiger partial charge in [-0.1, -0.05) is 0 Å². The summed E-state index contributed by atoms with van der Waals surface area (Å²) < 4.78 is 15.0. The Morgan fingerprint density at radius 1 is 1.33 bits per heavy atom. The fourth-order valence-electron chi connectivity index (χ4n) is 1.72. The highest BCUT2D eigenvalue weighted by Gasteiger charge is 2.32. The molecule has 2 unspecified atom stereocenters. The Morgan fingerprint density at radius 3 is 2.56 bits per heavy atom. The summed E-state index contributed by atoms with van der Waals surface area (Å²) >= 11 is 0. The van der Waals surface area contributed by atoms with Gasteiger partial charge in [0.1, 0.15) is 5.60 Å². The number of hydrogen-bond acceptors (Lipinski definition) is 5. The van der Waals surface area contributed by atoms with Crippen molar-refractivity contribution >= 4 is 12.1 Å². The quantitative estimate of drug-likeness (QED) is 0.768. The molecule has 104 valence electrons. The van der Waals surface area contributed by atoms with Crippen LogP contribution in [0.25, 0.3) is 0 Å². The molecule has 1 aliphatic rings. The maximum Gasteiger partial charge on any atom is 0.407 e. The van der Waals surface area contributed by atoms with E-state index in [1.165, 1.54) is 7.11 Å². The topological polar surface area (TPSA) is 73.9 Å². The predicted octanol–water partition coefficient (Wildman–Crippen LogP) is 1.09. The van der Waals surface area contributed by atoms with E-state index in [1.807, 2.05) is 0 Å². The van der Waals surface area contributed by atoms with Crippen molar-refractivity contribution in [3.63, 3.8) is 0 Å². The number of alkyl carbamates (subject to hydrolysis) is 1. The molecule has 1 N–H and O–H groups in total. The lowest BCUT2D eigenvalue weighted by Crippen LogP contribution is -2.43. The second kappa shape index (κ2) is 6.04. The van der Waals surface area contributed by atoms with Crippen molar-refractivity contribution < 1.29 is 23.8 Å². The van der Waals surface area contributed by atoms with E-state index in [0.29, 0.717) is 13.2 Å². The maximum absolute atomic E-state index is 11.6. The molecular weight excluding hydrogens is 238 g/mol. The predicted molar refractivity (Wildman–Crippen MR) is 64.1 cm³/mol. The molecule has 0 aromatic carbocycles. The van der Waals surface area contributed by atoms with Gasteiger partial charge >= 0.3 is 12.1 Å². The van der Waals surface area contributed by atoms with Gasteiger partial charge in [0.15, 0.2) is 0 Å². The number of carbonyl (C=O) groups excluding carboxylic acids is 2. The van der Waals surface area contributed by atoms with Crippen molar-refractivity contribution in [3.8, 4) is 0 Å². The molecule has 0 saturated carbocycles. The van der Waals surface area contributed by atoms with Crippen LogP contribution in [0.15, 0.2) is 0 Å². The Labute approximate surface area is 107 Å². The van der Waals surface area contributed by atoms with Crippen LogP contribution >= 0.6 is 0 Å². The molecule has 2 atom stereocenters. The van der Waals surface area contributed by atoms with Crippen LogP contribution in [0.5, 0.6) is 0 Å². The Bertz CT molecular complexity index is 310. The first-order valence-electron chi connectivity index (χ1n) is 5.96. The van der Waals surface area contributed by atoms with E-state index < -0.39 is 11.7 Å². The second-order valence-electron chi connectivity index (χ2n) is 5.33. The third-order valence-electron chi connectivity index (χ3n) is 2.56. The third kappa shape index (κ3) is 4.91. The van der Waals surface area contributed by atoms with Crippen LogP contribution in [-0.4, -0.2) is 44.0 Å². The smallest absolute Gasteiger partial charge is 0.407 e. The highest BCUT2D eigenvalue weighted by Crippen LogP contribution is 2.18. The molecule has 0 aromatic rings. The lowest BCUT2D eigenvalue weighted by atomic mass is 10.0. The van der Waals surface area contributed by atoms with E-state index >= 15 is 0 Å². The van der Waals surface area contributed by atoms with Gasteiger partial charge in [-0.3, -0.25) is 4.79 Å². The number of amides is 1. The minimum atomic E-state index is -0.540. The number of nitrogens with one attached hydrogen (secondary N) is 1. The zero-order valence-corrected chi connectivity index (χ0v) is 11.3. The minimum absolute atomic E-state index is 0.0648. The van der Waals surface area contributed by atoms with Gasteiger partial charge < -0.3 is 19.5 Å². The SMILES string of the molecule is COC(=O)CC1COCC1NC(=O)OC(C)(C)C. The zero-order valence-electron chi connectivity index (χ0n) is 11.3. The van der Waals surface area contributed by atoms with Crippen LogP contribution in [-0.2, 0) is 19.0 Å². The van der Waals surface area contributed by atoms with Crippen molar-refractivity contribution in [2.45, 2.75) is 38.8 Å². The standard InChI is InChI=1S/C12H21NO5/c1-12(2,3)18-11(15)13-9-7-17-6-8(9)5-10(14)16-4/h8-9H,5-7H2,1-4H3,(H,13,15). The maximum atomic E-state index is 11.6. The molecule has 1 amide bonds. The number of methoxy groups -OCH3 is 1. The molecule has 1 fully saturated rings. The van der Waals surface area contributed by atoms with Crippen LogP contribution < -0.4 is 5.32 Å². The number of ether oxygens (including phenoxy) is 3. The van der Waals surface area contributed by atoms with Gasteiger partial charge in [-0.25, -0.2) is 4.79 Å². The Morgan fingerprint density at radius 2 is 2.00 bits per heavy atom. The summed E-state index contributed by atoms with van der Waals surface area (Å²) in [4.78, 5) is 22.8. The van der Waals surface area contributed by atoms with Crippen molar-refractivity contribution in [2.75, 3.05) is 20.3 Å². The molecule has 6 heteroatoms. The summed E-state index contributed by atoms with van der Waals surface area (Å²) in [5.74, 6) is -0.369. The molecular formula is C12H21NO5. The first kappa shape index (κ1) is 14.8. The first-order valence-corrected chi connectivity index (χ1v) is 5.96. The van der Waals surface area contributed by atoms with E-state index in [1.54, 1.807) is 20.8 Å². The molecule has 0 spiro atoms. The Hall–Kier alpha value is -1.30. The lowest BCUT2D eigenvalue weighted by molar-refractivity contribution is -0.141. The van der Waals surface area contributed by atoms with E-state index in [9.17, 15) is 9.59 Å². The highest BCUT2D eigenvalue weighted by atomic mass is 16.6. The summed E-state index contributed by atoms with van der Waals surface area (Å²) in [6.45, 7) is 6.22. The molecule has 1 rings (SSSR count). The van der Waals surface area contributed by atoms with Gasteiger partial charge in [-0.15, -0.1) is 0 Å². The zero-order chi connectivity index (χ0) is 13.8. The van der Waals surface area contributed by atoms with Crippen LogP contribution in [0, 0.1) is 5.92 Å². The van der Waals surface area contributed by atoms with Crippen molar-refractivity contribution in [1.29, 1.82) is 0 Å². The summed E-state index contributed by atoms with van der Waals surface area (Å²) in [6, 6.07) is -0.209. The van der Waals surface area contributed by atoms with Gasteiger partial charge in [0.05, 0.1) is 32.8 Å². The Balaban J connectivity index is 2.45. The molecule has 0 radical (unpaired) electrons. The van der Waals surface area contributed by atoms with Gasteiger partial charge in [0.25, 0.3) is 0 Å². The monoisotopic (exact) mass is 259 g/mol. The van der Waals surface area contributed by atoms with Crippen LogP contribution in [0.3, 0.4) is 0 Å². The van der Waals surface area contributed by atoms with E-state index in [4.69, 9.17) is 9.47 Å². The van der Waals surface area contributed by atoms with Gasteiger partial charge in [0, 0.05) is 5.92 Å². The number of esters is 1. The summed E-state index contributed by atoms with van der Waals surface area (Å²) in [6.07, 6.45) is -0.260. The van der Waals surface area contributed by atoms with Crippen molar-refractivity contribution in [1.82, 2.24) is 5.32 Å². The van der Waals surface area contributed by atoms with Gasteiger partial charge in [-0.2, -0.15) is 0 Å². The summed E-state index contributed by atoms with van der Waals surface area (Å²) in [7, 11) is 1.34. The summed E-state index contributed by atoms with van der Waals surface area (Å²) in [5.41, 5.74) is -0.540. The minimum Gasteiger partial charge on any atom is -0.469 e. The molecule has 1 heterocycles. The lowest BCUT2D eigenvalue weighted by Gasteiger charge is -2.23. The second-order valence-corrected chi connectivity index (χ2v) is 5.33. The fraction of sp³-hybridized carbons (Fsp3) is 0.833. The molecule has 0 bridgehead atoms. The molecule has 1 aliphatic heterocycles. The Kier molecular flexibility index (Phi) is 4.95. The normalized spacial score (nSPS) is 23.6. The van der Waals surface area contributed by atoms with E-state index in [0.717, 1.165) is 0 Å². The van der Waals surface area contributed by atoms with Crippen LogP contribution in [0.4, 0.5) is 4.79 Å². The average molecular weight is 259 g/mol. The number of hydrogen-bond donors (Lipinski definition) is 1. The van der Waals surface area contributed by atoms with E-state index in [-0.39, 0.29) is 24.3 Å². The van der Waals surface area contributed by atoms with Gasteiger partial charge in [0.2, 0.25) is 0 Å². The largest absolute Gasteiger partial charge is 0.469 e. The molecule has 0 aromatic heterocycles. The van der Waals surface area contributed by atoms with Crippen LogP contribution in [0.1, 0.15) is 27.2 Å². The number of rotatable bonds is 3. The number of carbonyl (C=O) groups is 2. The average Bonchev–Trinajstić information content (AvgIpc) is 2.62. The summed E-state index contributed by atoms with van der Waals surface area (Å²) in [5, 5.41) is 2.72. The molecule has 0 aliphatic carbocycles. The van der Waals surface area contributed by atoms with Crippen molar-refractivity contribution in [2.24, 2.45) is 5.92 Å². The van der Waals surface area contributed by atoms with E-state index in [2.05, 4.69) is 10.1 Å². The van der Waals surface area contributed by atoms with Crippen molar-refractivity contribution in [3.05, 3.63) is 0 Å².